The Morgan fingerprint density at radius 3 is 2.81 bits per heavy atom. The molecule has 1 rings (SSSR count). The minimum absolute atomic E-state index is 0.138. The zero-order valence-corrected chi connectivity index (χ0v) is 8.94. The molecule has 0 radical (unpaired) electrons. The molecule has 0 aliphatic rings. The summed E-state index contributed by atoms with van der Waals surface area (Å²) in [5.74, 6) is -1.74. The van der Waals surface area contributed by atoms with Crippen LogP contribution in [0.25, 0.3) is 0 Å². The Morgan fingerprint density at radius 1 is 1.56 bits per heavy atom. The first-order valence-electron chi connectivity index (χ1n) is 4.48. The number of esters is 1. The summed E-state index contributed by atoms with van der Waals surface area (Å²) < 4.78 is 17.2. The van der Waals surface area contributed by atoms with Gasteiger partial charge in [-0.1, -0.05) is 0 Å². The van der Waals surface area contributed by atoms with Gasteiger partial charge >= 0.3 is 5.97 Å². The Hall–Kier alpha value is -1.98. The molecule has 86 valence electrons. The van der Waals surface area contributed by atoms with E-state index in [0.717, 1.165) is 11.0 Å². The smallest absolute Gasteiger partial charge is 0.325 e. The number of rotatable bonds is 3. The van der Waals surface area contributed by atoms with Gasteiger partial charge in [-0.3, -0.25) is 9.59 Å². The summed E-state index contributed by atoms with van der Waals surface area (Å²) in [7, 11) is 2.66. The van der Waals surface area contributed by atoms with Crippen LogP contribution in [0, 0.1) is 5.95 Å². The number of carbonyl (C=O) groups is 2. The van der Waals surface area contributed by atoms with Gasteiger partial charge in [0, 0.05) is 24.9 Å². The SMILES string of the molecule is COC(=O)CN(C)C(=O)c1ccnc(F)c1. The second kappa shape index (κ2) is 5.20. The number of hydrogen-bond acceptors (Lipinski definition) is 4. The van der Waals surface area contributed by atoms with Gasteiger partial charge in [0.05, 0.1) is 7.11 Å². The highest BCUT2D eigenvalue weighted by Crippen LogP contribution is 2.04. The number of methoxy groups -OCH3 is 1. The van der Waals surface area contributed by atoms with Gasteiger partial charge in [0.25, 0.3) is 5.91 Å². The summed E-state index contributed by atoms with van der Waals surface area (Å²) in [5.41, 5.74) is 0.138. The highest BCUT2D eigenvalue weighted by atomic mass is 19.1. The molecule has 1 heterocycles. The third-order valence-corrected chi connectivity index (χ3v) is 1.91. The average Bonchev–Trinajstić information content (AvgIpc) is 2.27. The number of halogens is 1. The van der Waals surface area contributed by atoms with Crippen molar-refractivity contribution in [2.45, 2.75) is 0 Å². The van der Waals surface area contributed by atoms with Crippen molar-refractivity contribution in [3.8, 4) is 0 Å². The van der Waals surface area contributed by atoms with Crippen LogP contribution in [-0.2, 0) is 9.53 Å². The van der Waals surface area contributed by atoms with Crippen LogP contribution in [0.5, 0.6) is 0 Å². The van der Waals surface area contributed by atoms with E-state index < -0.39 is 17.8 Å². The maximum Gasteiger partial charge on any atom is 0.325 e. The summed E-state index contributed by atoms with van der Waals surface area (Å²) in [6.45, 7) is -0.181. The lowest BCUT2D eigenvalue weighted by Crippen LogP contribution is -2.32. The predicted octanol–water partition coefficient (Wildman–Crippen LogP) is 0.466. The third-order valence-electron chi connectivity index (χ3n) is 1.91. The van der Waals surface area contributed by atoms with Crippen LogP contribution < -0.4 is 0 Å². The lowest BCUT2D eigenvalue weighted by molar-refractivity contribution is -0.141. The number of hydrogen-bond donors (Lipinski definition) is 0. The van der Waals surface area contributed by atoms with Gasteiger partial charge in [-0.25, -0.2) is 4.98 Å². The number of nitrogens with zero attached hydrogens (tertiary/aromatic N) is 2. The van der Waals surface area contributed by atoms with E-state index in [1.807, 2.05) is 0 Å². The first-order chi connectivity index (χ1) is 7.54. The molecule has 0 saturated carbocycles. The van der Waals surface area contributed by atoms with Gasteiger partial charge in [-0.05, 0) is 6.07 Å². The summed E-state index contributed by atoms with van der Waals surface area (Å²) in [6.07, 6.45) is 1.19. The van der Waals surface area contributed by atoms with Crippen molar-refractivity contribution < 1.29 is 18.7 Å². The fourth-order valence-corrected chi connectivity index (χ4v) is 1.09. The van der Waals surface area contributed by atoms with Gasteiger partial charge in [-0.2, -0.15) is 4.39 Å². The summed E-state index contributed by atoms with van der Waals surface area (Å²) in [6, 6.07) is 2.38. The number of likely N-dealkylation sites (N-methyl/N-ethyl adjacent to an activating group) is 1. The maximum atomic E-state index is 12.7. The zero-order chi connectivity index (χ0) is 12.1. The molecule has 0 aliphatic carbocycles. The minimum atomic E-state index is -0.739. The predicted molar refractivity (Wildman–Crippen MR) is 53.2 cm³/mol. The largest absolute Gasteiger partial charge is 0.468 e. The monoisotopic (exact) mass is 226 g/mol. The van der Waals surface area contributed by atoms with Crippen molar-refractivity contribution in [2.24, 2.45) is 0 Å². The van der Waals surface area contributed by atoms with Crippen molar-refractivity contribution in [1.29, 1.82) is 0 Å². The summed E-state index contributed by atoms with van der Waals surface area (Å²) in [4.78, 5) is 27.1. The molecule has 0 fully saturated rings. The molecule has 6 heteroatoms. The molecule has 0 atom stereocenters. The normalized spacial score (nSPS) is 9.69. The molecule has 5 nitrogen and oxygen atoms in total. The number of carbonyl (C=O) groups excluding carboxylic acids is 2. The van der Waals surface area contributed by atoms with Crippen molar-refractivity contribution in [3.63, 3.8) is 0 Å². The van der Waals surface area contributed by atoms with Gasteiger partial charge in [0.2, 0.25) is 5.95 Å². The Morgan fingerprint density at radius 2 is 2.25 bits per heavy atom. The number of aromatic nitrogens is 1. The van der Waals surface area contributed by atoms with Crippen molar-refractivity contribution in [2.75, 3.05) is 20.7 Å². The first-order valence-corrected chi connectivity index (χ1v) is 4.48. The summed E-state index contributed by atoms with van der Waals surface area (Å²) >= 11 is 0. The van der Waals surface area contributed by atoms with Crippen LogP contribution >= 0.6 is 0 Å². The molecular weight excluding hydrogens is 215 g/mol. The van der Waals surface area contributed by atoms with Gasteiger partial charge in [-0.15, -0.1) is 0 Å². The van der Waals surface area contributed by atoms with Crippen LogP contribution in [0.15, 0.2) is 18.3 Å². The molecule has 0 N–H and O–H groups in total. The van der Waals surface area contributed by atoms with Gasteiger partial charge < -0.3 is 9.64 Å². The Bertz CT molecular complexity index is 409. The molecule has 16 heavy (non-hydrogen) atoms. The van der Waals surface area contributed by atoms with Crippen LogP contribution in [0.3, 0.4) is 0 Å². The molecule has 0 aliphatic heterocycles. The van der Waals surface area contributed by atoms with E-state index in [4.69, 9.17) is 0 Å². The molecule has 0 spiro atoms. The van der Waals surface area contributed by atoms with Crippen molar-refractivity contribution >= 4 is 11.9 Å². The van der Waals surface area contributed by atoms with E-state index in [1.165, 1.54) is 26.4 Å². The first kappa shape index (κ1) is 12.1. The Balaban J connectivity index is 2.74. The highest BCUT2D eigenvalue weighted by Gasteiger charge is 2.15. The molecule has 0 saturated heterocycles. The molecule has 0 aromatic carbocycles. The fraction of sp³-hybridized carbons (Fsp3) is 0.300. The standard InChI is InChI=1S/C10H11FN2O3/c1-13(6-9(14)16-2)10(15)7-3-4-12-8(11)5-7/h3-5H,6H2,1-2H3. The lowest BCUT2D eigenvalue weighted by Gasteiger charge is -2.15. The average molecular weight is 226 g/mol. The molecule has 1 aromatic rings. The highest BCUT2D eigenvalue weighted by molar-refractivity contribution is 5.95. The molecule has 0 unspecified atom stereocenters. The molecule has 1 aromatic heterocycles. The van der Waals surface area contributed by atoms with Crippen LogP contribution in [-0.4, -0.2) is 42.5 Å². The number of amides is 1. The van der Waals surface area contributed by atoms with Gasteiger partial charge in [0.1, 0.15) is 6.54 Å². The van der Waals surface area contributed by atoms with Crippen molar-refractivity contribution in [3.05, 3.63) is 29.8 Å². The number of pyridine rings is 1. The van der Waals surface area contributed by atoms with Crippen LogP contribution in [0.1, 0.15) is 10.4 Å². The van der Waals surface area contributed by atoms with E-state index >= 15 is 0 Å². The Kier molecular flexibility index (Phi) is 3.93. The van der Waals surface area contributed by atoms with Gasteiger partial charge in [0.15, 0.2) is 0 Å². The quantitative estimate of drug-likeness (QED) is 0.555. The second-order valence-electron chi connectivity index (χ2n) is 3.10. The summed E-state index contributed by atoms with van der Waals surface area (Å²) in [5, 5.41) is 0. The van der Waals surface area contributed by atoms with E-state index in [1.54, 1.807) is 0 Å². The lowest BCUT2D eigenvalue weighted by atomic mass is 10.2. The minimum Gasteiger partial charge on any atom is -0.468 e. The molecule has 1 amide bonds. The number of ether oxygens (including phenoxy) is 1. The molecule has 0 bridgehead atoms. The topological polar surface area (TPSA) is 59.5 Å². The van der Waals surface area contributed by atoms with Crippen molar-refractivity contribution in [1.82, 2.24) is 9.88 Å². The fourth-order valence-electron chi connectivity index (χ4n) is 1.09. The molecular formula is C10H11FN2O3. The third kappa shape index (κ3) is 3.01. The van der Waals surface area contributed by atoms with Crippen LogP contribution in [0.2, 0.25) is 0 Å². The second-order valence-corrected chi connectivity index (χ2v) is 3.10. The van der Waals surface area contributed by atoms with E-state index in [-0.39, 0.29) is 12.1 Å². The van der Waals surface area contributed by atoms with E-state index in [0.29, 0.717) is 0 Å². The van der Waals surface area contributed by atoms with E-state index in [2.05, 4.69) is 9.72 Å². The van der Waals surface area contributed by atoms with Crippen LogP contribution in [0.4, 0.5) is 4.39 Å². The Labute approximate surface area is 91.8 Å². The van der Waals surface area contributed by atoms with E-state index in [9.17, 15) is 14.0 Å². The maximum absolute atomic E-state index is 12.7. The zero-order valence-electron chi connectivity index (χ0n) is 8.94.